The Labute approximate surface area is 101 Å². The molecule has 1 aromatic carbocycles. The third-order valence-corrected chi connectivity index (χ3v) is 2.80. The van der Waals surface area contributed by atoms with Gasteiger partial charge in [0.05, 0.1) is 5.41 Å². The Morgan fingerprint density at radius 2 is 2.12 bits per heavy atom. The maximum absolute atomic E-state index is 13.0. The van der Waals surface area contributed by atoms with Crippen LogP contribution in [0.1, 0.15) is 25.0 Å². The molecule has 0 aromatic heterocycles. The molecular weight excluding hydrogens is 219 g/mol. The third-order valence-electron chi connectivity index (χ3n) is 2.80. The second kappa shape index (κ2) is 5.27. The normalized spacial score (nSPS) is 11.4. The molecule has 1 rings (SSSR count). The second-order valence-corrected chi connectivity index (χ2v) is 4.85. The number of nitrogens with one attached hydrogen (secondary N) is 1. The molecule has 0 bridgehead atoms. The van der Waals surface area contributed by atoms with Gasteiger partial charge in [-0.25, -0.2) is 4.39 Å². The number of carbonyl (C=O) groups excluding carboxylic acids is 1. The van der Waals surface area contributed by atoms with E-state index in [9.17, 15) is 9.18 Å². The van der Waals surface area contributed by atoms with Crippen LogP contribution in [0.15, 0.2) is 18.2 Å². The number of hydrogen-bond donors (Lipinski definition) is 2. The molecule has 1 aromatic rings. The number of amides is 1. The van der Waals surface area contributed by atoms with Crippen LogP contribution in [0, 0.1) is 18.2 Å². The van der Waals surface area contributed by atoms with E-state index in [1.807, 2.05) is 0 Å². The van der Waals surface area contributed by atoms with E-state index in [2.05, 4.69) is 5.32 Å². The zero-order valence-electron chi connectivity index (χ0n) is 10.5. The van der Waals surface area contributed by atoms with E-state index in [1.54, 1.807) is 32.9 Å². The lowest BCUT2D eigenvalue weighted by Gasteiger charge is -2.21. The van der Waals surface area contributed by atoms with Crippen molar-refractivity contribution in [3.8, 4) is 0 Å². The van der Waals surface area contributed by atoms with Crippen LogP contribution >= 0.6 is 0 Å². The lowest BCUT2D eigenvalue weighted by atomic mass is 9.92. The van der Waals surface area contributed by atoms with E-state index >= 15 is 0 Å². The smallest absolute Gasteiger partial charge is 0.227 e. The van der Waals surface area contributed by atoms with Crippen molar-refractivity contribution in [2.45, 2.75) is 27.3 Å². The fourth-order valence-corrected chi connectivity index (χ4v) is 1.33. The van der Waals surface area contributed by atoms with Crippen LogP contribution in [0.5, 0.6) is 0 Å². The first kappa shape index (κ1) is 13.6. The zero-order valence-corrected chi connectivity index (χ0v) is 10.5. The third kappa shape index (κ3) is 3.53. The molecular formula is C13H19FN2O. The number of aryl methyl sites for hydroxylation is 1. The Hall–Kier alpha value is -1.42. The quantitative estimate of drug-likeness (QED) is 0.839. The largest absolute Gasteiger partial charge is 0.352 e. The van der Waals surface area contributed by atoms with Crippen LogP contribution in [-0.4, -0.2) is 12.5 Å². The van der Waals surface area contributed by atoms with Crippen LogP contribution in [0.4, 0.5) is 4.39 Å². The van der Waals surface area contributed by atoms with E-state index in [0.29, 0.717) is 18.7 Å². The van der Waals surface area contributed by atoms with Gasteiger partial charge in [-0.05, 0) is 38.0 Å². The zero-order chi connectivity index (χ0) is 13.1. The van der Waals surface area contributed by atoms with E-state index in [4.69, 9.17) is 5.73 Å². The van der Waals surface area contributed by atoms with Crippen LogP contribution in [0.3, 0.4) is 0 Å². The molecule has 0 aliphatic carbocycles. The molecule has 0 heterocycles. The Morgan fingerprint density at radius 3 is 2.65 bits per heavy atom. The maximum Gasteiger partial charge on any atom is 0.227 e. The van der Waals surface area contributed by atoms with Crippen LogP contribution in [0.25, 0.3) is 0 Å². The number of rotatable bonds is 4. The van der Waals surface area contributed by atoms with Gasteiger partial charge in [0.25, 0.3) is 0 Å². The van der Waals surface area contributed by atoms with Gasteiger partial charge >= 0.3 is 0 Å². The average Bonchev–Trinajstić information content (AvgIpc) is 2.30. The van der Waals surface area contributed by atoms with Crippen molar-refractivity contribution in [1.82, 2.24) is 5.32 Å². The lowest BCUT2D eigenvalue weighted by molar-refractivity contribution is -0.129. The topological polar surface area (TPSA) is 55.1 Å². The molecule has 0 fully saturated rings. The van der Waals surface area contributed by atoms with Crippen molar-refractivity contribution in [3.05, 3.63) is 35.1 Å². The van der Waals surface area contributed by atoms with Crippen molar-refractivity contribution >= 4 is 5.91 Å². The molecule has 17 heavy (non-hydrogen) atoms. The summed E-state index contributed by atoms with van der Waals surface area (Å²) >= 11 is 0. The molecule has 0 saturated heterocycles. The lowest BCUT2D eigenvalue weighted by Crippen LogP contribution is -2.41. The minimum atomic E-state index is -0.574. The molecule has 0 unspecified atom stereocenters. The van der Waals surface area contributed by atoms with Gasteiger partial charge in [-0.15, -0.1) is 0 Å². The van der Waals surface area contributed by atoms with Gasteiger partial charge in [0, 0.05) is 13.1 Å². The molecule has 3 nitrogen and oxygen atoms in total. The Balaban J connectivity index is 2.62. The van der Waals surface area contributed by atoms with Gasteiger partial charge < -0.3 is 11.1 Å². The summed E-state index contributed by atoms with van der Waals surface area (Å²) in [6.07, 6.45) is 0. The SMILES string of the molecule is Cc1cc(CNC(=O)C(C)(C)CN)ccc1F. The fraction of sp³-hybridized carbons (Fsp3) is 0.462. The summed E-state index contributed by atoms with van der Waals surface area (Å²) in [4.78, 5) is 11.8. The van der Waals surface area contributed by atoms with Gasteiger partial charge in [-0.2, -0.15) is 0 Å². The maximum atomic E-state index is 13.0. The average molecular weight is 238 g/mol. The van der Waals surface area contributed by atoms with Crippen LogP contribution in [-0.2, 0) is 11.3 Å². The first-order valence-corrected chi connectivity index (χ1v) is 5.60. The van der Waals surface area contributed by atoms with E-state index in [1.165, 1.54) is 6.07 Å². The minimum absolute atomic E-state index is 0.0954. The van der Waals surface area contributed by atoms with Crippen molar-refractivity contribution in [1.29, 1.82) is 0 Å². The van der Waals surface area contributed by atoms with E-state index in [0.717, 1.165) is 5.56 Å². The summed E-state index contributed by atoms with van der Waals surface area (Å²) in [5.74, 6) is -0.329. The summed E-state index contributed by atoms with van der Waals surface area (Å²) in [7, 11) is 0. The van der Waals surface area contributed by atoms with Crippen LogP contribution in [0.2, 0.25) is 0 Å². The summed E-state index contributed by atoms with van der Waals surface area (Å²) in [5.41, 5.74) is 6.39. The Morgan fingerprint density at radius 1 is 1.47 bits per heavy atom. The number of nitrogens with two attached hydrogens (primary N) is 1. The summed E-state index contributed by atoms with van der Waals surface area (Å²) in [6, 6.07) is 4.80. The van der Waals surface area contributed by atoms with Crippen molar-refractivity contribution in [3.63, 3.8) is 0 Å². The van der Waals surface area contributed by atoms with Gasteiger partial charge in [-0.3, -0.25) is 4.79 Å². The van der Waals surface area contributed by atoms with Gasteiger partial charge in [0.2, 0.25) is 5.91 Å². The molecule has 0 atom stereocenters. The summed E-state index contributed by atoms with van der Waals surface area (Å²) < 4.78 is 13.0. The number of benzene rings is 1. The van der Waals surface area contributed by atoms with E-state index in [-0.39, 0.29) is 11.7 Å². The standard InChI is InChI=1S/C13H19FN2O/c1-9-6-10(4-5-11(9)14)7-16-12(17)13(2,3)8-15/h4-6H,7-8,15H2,1-3H3,(H,16,17). The molecule has 0 spiro atoms. The highest BCUT2D eigenvalue weighted by Gasteiger charge is 2.25. The van der Waals surface area contributed by atoms with Crippen molar-refractivity contribution < 1.29 is 9.18 Å². The van der Waals surface area contributed by atoms with Gasteiger partial charge in [-0.1, -0.05) is 12.1 Å². The predicted molar refractivity (Wildman–Crippen MR) is 65.8 cm³/mol. The Bertz CT molecular complexity index is 416. The second-order valence-electron chi connectivity index (χ2n) is 4.85. The Kier molecular flexibility index (Phi) is 4.23. The molecule has 0 aliphatic rings. The monoisotopic (exact) mass is 238 g/mol. The molecule has 0 aliphatic heterocycles. The minimum Gasteiger partial charge on any atom is -0.352 e. The number of carbonyl (C=O) groups is 1. The van der Waals surface area contributed by atoms with Crippen LogP contribution < -0.4 is 11.1 Å². The predicted octanol–water partition coefficient (Wildman–Crippen LogP) is 1.74. The molecule has 0 radical (unpaired) electrons. The molecule has 0 saturated carbocycles. The highest BCUT2D eigenvalue weighted by atomic mass is 19.1. The number of hydrogen-bond acceptors (Lipinski definition) is 2. The summed E-state index contributed by atoms with van der Waals surface area (Å²) in [6.45, 7) is 5.96. The van der Waals surface area contributed by atoms with Crippen molar-refractivity contribution in [2.24, 2.45) is 11.1 Å². The summed E-state index contributed by atoms with van der Waals surface area (Å²) in [5, 5.41) is 2.80. The molecule has 1 amide bonds. The number of halogens is 1. The van der Waals surface area contributed by atoms with Gasteiger partial charge in [0.15, 0.2) is 0 Å². The van der Waals surface area contributed by atoms with Gasteiger partial charge in [0.1, 0.15) is 5.82 Å². The molecule has 3 N–H and O–H groups in total. The molecule has 94 valence electrons. The first-order valence-electron chi connectivity index (χ1n) is 5.60. The fourth-order valence-electron chi connectivity index (χ4n) is 1.33. The molecule has 4 heteroatoms. The highest BCUT2D eigenvalue weighted by Crippen LogP contribution is 2.13. The first-order chi connectivity index (χ1) is 7.86. The van der Waals surface area contributed by atoms with E-state index < -0.39 is 5.41 Å². The highest BCUT2D eigenvalue weighted by molar-refractivity contribution is 5.81. The van der Waals surface area contributed by atoms with Crippen molar-refractivity contribution in [2.75, 3.05) is 6.54 Å².